The smallest absolute Gasteiger partial charge is 0.341 e. The molecule has 0 atom stereocenters. The summed E-state index contributed by atoms with van der Waals surface area (Å²) in [5, 5.41) is 9.25. The number of aromatic amines is 1. The van der Waals surface area contributed by atoms with Crippen LogP contribution in [0.4, 0.5) is 0 Å². The Morgan fingerprint density at radius 3 is 2.88 bits per heavy atom. The van der Waals surface area contributed by atoms with Gasteiger partial charge in [-0.3, -0.25) is 4.79 Å². The normalized spacial score (nSPS) is 10.4. The number of hydrogen-bond donors (Lipinski definition) is 2. The Bertz CT molecular complexity index is 655. The number of aromatic carboxylic acids is 1. The van der Waals surface area contributed by atoms with Crippen molar-refractivity contribution in [2.24, 2.45) is 0 Å². The average Bonchev–Trinajstić information content (AvgIpc) is 2.30. The lowest BCUT2D eigenvalue weighted by Crippen LogP contribution is -2.15. The van der Waals surface area contributed by atoms with Gasteiger partial charge >= 0.3 is 5.97 Å². The predicted octanol–water partition coefficient (Wildman–Crippen LogP) is 1.95. The Labute approximate surface area is 97.2 Å². The largest absolute Gasteiger partial charge is 0.477 e. The van der Waals surface area contributed by atoms with Crippen molar-refractivity contribution in [3.8, 4) is 0 Å². The van der Waals surface area contributed by atoms with Crippen molar-refractivity contribution in [2.45, 2.75) is 6.42 Å². The highest BCUT2D eigenvalue weighted by molar-refractivity contribution is 5.93. The van der Waals surface area contributed by atoms with Crippen molar-refractivity contribution in [1.82, 2.24) is 4.98 Å². The topological polar surface area (TPSA) is 70.2 Å². The summed E-state index contributed by atoms with van der Waals surface area (Å²) >= 11 is 0. The van der Waals surface area contributed by atoms with Gasteiger partial charge < -0.3 is 10.1 Å². The molecule has 0 aliphatic rings. The lowest BCUT2D eigenvalue weighted by molar-refractivity contribution is 0.0695. The van der Waals surface area contributed by atoms with E-state index in [1.807, 2.05) is 6.07 Å². The standard InChI is InChI=1S/C13H11NO3/c1-2-4-8-5-3-6-9-11(8)14-7-10(12(9)15)13(16)17/h2-3,5-7H,1,4H2,(H,14,15)(H,16,17). The lowest BCUT2D eigenvalue weighted by atomic mass is 10.1. The van der Waals surface area contributed by atoms with Crippen LogP contribution in [0.3, 0.4) is 0 Å². The quantitative estimate of drug-likeness (QED) is 0.790. The van der Waals surface area contributed by atoms with Crippen LogP contribution in [-0.2, 0) is 6.42 Å². The molecule has 0 radical (unpaired) electrons. The van der Waals surface area contributed by atoms with Crippen molar-refractivity contribution < 1.29 is 9.90 Å². The Morgan fingerprint density at radius 2 is 2.24 bits per heavy atom. The van der Waals surface area contributed by atoms with Crippen LogP contribution in [0, 0.1) is 0 Å². The summed E-state index contributed by atoms with van der Waals surface area (Å²) < 4.78 is 0. The summed E-state index contributed by atoms with van der Waals surface area (Å²) in [6.07, 6.45) is 3.59. The van der Waals surface area contributed by atoms with E-state index in [-0.39, 0.29) is 5.56 Å². The minimum absolute atomic E-state index is 0.242. The number of carboxylic acid groups (broad SMARTS) is 1. The van der Waals surface area contributed by atoms with Crippen molar-refractivity contribution in [2.75, 3.05) is 0 Å². The van der Waals surface area contributed by atoms with E-state index in [4.69, 9.17) is 5.11 Å². The number of carbonyl (C=O) groups is 1. The Morgan fingerprint density at radius 1 is 1.47 bits per heavy atom. The molecule has 0 bridgehead atoms. The van der Waals surface area contributed by atoms with Crippen LogP contribution in [-0.4, -0.2) is 16.1 Å². The number of allylic oxidation sites excluding steroid dienone is 1. The maximum Gasteiger partial charge on any atom is 0.341 e. The van der Waals surface area contributed by atoms with Gasteiger partial charge in [0.05, 0.1) is 5.52 Å². The van der Waals surface area contributed by atoms with E-state index in [0.717, 1.165) is 5.56 Å². The third-order valence-corrected chi connectivity index (χ3v) is 2.60. The minimum atomic E-state index is -1.22. The molecule has 0 aliphatic heterocycles. The van der Waals surface area contributed by atoms with Gasteiger partial charge in [-0.2, -0.15) is 0 Å². The van der Waals surface area contributed by atoms with Gasteiger partial charge in [-0.15, -0.1) is 6.58 Å². The summed E-state index contributed by atoms with van der Waals surface area (Å²) in [6, 6.07) is 5.23. The molecule has 0 aliphatic carbocycles. The summed E-state index contributed by atoms with van der Waals surface area (Å²) in [6.45, 7) is 3.64. The molecule has 0 amide bonds. The van der Waals surface area contributed by atoms with Gasteiger partial charge in [-0.05, 0) is 18.1 Å². The van der Waals surface area contributed by atoms with E-state index in [9.17, 15) is 9.59 Å². The monoisotopic (exact) mass is 229 g/mol. The number of carboxylic acids is 1. The number of aromatic nitrogens is 1. The van der Waals surface area contributed by atoms with E-state index in [1.165, 1.54) is 6.20 Å². The van der Waals surface area contributed by atoms with Gasteiger partial charge in [-0.1, -0.05) is 18.2 Å². The van der Waals surface area contributed by atoms with Gasteiger partial charge in [0.2, 0.25) is 5.43 Å². The van der Waals surface area contributed by atoms with Crippen LogP contribution in [0.2, 0.25) is 0 Å². The molecular formula is C13H11NO3. The van der Waals surface area contributed by atoms with Crippen molar-refractivity contribution in [3.63, 3.8) is 0 Å². The Balaban J connectivity index is 2.80. The van der Waals surface area contributed by atoms with Gasteiger partial charge in [-0.25, -0.2) is 4.79 Å². The first-order chi connectivity index (χ1) is 8.15. The maximum absolute atomic E-state index is 11.9. The predicted molar refractivity (Wildman–Crippen MR) is 65.4 cm³/mol. The van der Waals surface area contributed by atoms with Gasteiger partial charge in [0, 0.05) is 11.6 Å². The highest BCUT2D eigenvalue weighted by Crippen LogP contribution is 2.14. The molecule has 2 rings (SSSR count). The number of benzene rings is 1. The molecular weight excluding hydrogens is 218 g/mol. The zero-order valence-corrected chi connectivity index (χ0v) is 9.06. The zero-order valence-electron chi connectivity index (χ0n) is 9.06. The highest BCUT2D eigenvalue weighted by atomic mass is 16.4. The maximum atomic E-state index is 11.9. The first kappa shape index (κ1) is 11.1. The van der Waals surface area contributed by atoms with E-state index in [0.29, 0.717) is 17.3 Å². The lowest BCUT2D eigenvalue weighted by Gasteiger charge is -2.04. The molecule has 0 saturated heterocycles. The average molecular weight is 229 g/mol. The molecule has 2 aromatic rings. The number of rotatable bonds is 3. The molecule has 1 aromatic heterocycles. The molecule has 86 valence electrons. The van der Waals surface area contributed by atoms with Gasteiger partial charge in [0.15, 0.2) is 0 Å². The molecule has 0 spiro atoms. The molecule has 17 heavy (non-hydrogen) atoms. The van der Waals surface area contributed by atoms with Crippen LogP contribution in [0.25, 0.3) is 10.9 Å². The second kappa shape index (κ2) is 4.25. The molecule has 4 nitrogen and oxygen atoms in total. The van der Waals surface area contributed by atoms with Crippen LogP contribution in [0.15, 0.2) is 41.8 Å². The molecule has 4 heteroatoms. The van der Waals surface area contributed by atoms with Crippen LogP contribution in [0.5, 0.6) is 0 Å². The molecule has 0 unspecified atom stereocenters. The van der Waals surface area contributed by atoms with Gasteiger partial charge in [0.1, 0.15) is 5.56 Å². The summed E-state index contributed by atoms with van der Waals surface area (Å²) in [4.78, 5) is 25.6. The van der Waals surface area contributed by atoms with Crippen LogP contribution >= 0.6 is 0 Å². The second-order valence-corrected chi connectivity index (χ2v) is 3.67. The van der Waals surface area contributed by atoms with Crippen LogP contribution in [0.1, 0.15) is 15.9 Å². The van der Waals surface area contributed by atoms with E-state index in [1.54, 1.807) is 18.2 Å². The van der Waals surface area contributed by atoms with E-state index >= 15 is 0 Å². The SMILES string of the molecule is C=CCc1cccc2c(=O)c(C(=O)O)c[nH]c12. The number of fused-ring (bicyclic) bond motifs is 1. The molecule has 2 N–H and O–H groups in total. The summed E-state index contributed by atoms with van der Waals surface area (Å²) in [5.41, 5.74) is 0.888. The molecule has 0 saturated carbocycles. The molecule has 1 aromatic carbocycles. The zero-order chi connectivity index (χ0) is 12.4. The second-order valence-electron chi connectivity index (χ2n) is 3.67. The number of pyridine rings is 1. The third-order valence-electron chi connectivity index (χ3n) is 2.60. The number of para-hydroxylation sites is 1. The van der Waals surface area contributed by atoms with Crippen molar-refractivity contribution in [3.05, 3.63) is 58.4 Å². The molecule has 0 fully saturated rings. The first-order valence-electron chi connectivity index (χ1n) is 5.12. The Hall–Kier alpha value is -2.36. The number of H-pyrrole nitrogens is 1. The van der Waals surface area contributed by atoms with E-state index in [2.05, 4.69) is 11.6 Å². The molecule has 1 heterocycles. The Kier molecular flexibility index (Phi) is 2.78. The highest BCUT2D eigenvalue weighted by Gasteiger charge is 2.12. The fourth-order valence-corrected chi connectivity index (χ4v) is 1.80. The third kappa shape index (κ3) is 1.85. The van der Waals surface area contributed by atoms with Crippen molar-refractivity contribution in [1.29, 1.82) is 0 Å². The van der Waals surface area contributed by atoms with Crippen LogP contribution < -0.4 is 5.43 Å². The van der Waals surface area contributed by atoms with E-state index < -0.39 is 11.4 Å². The number of nitrogens with one attached hydrogen (secondary N) is 1. The fraction of sp³-hybridized carbons (Fsp3) is 0.0769. The summed E-state index contributed by atoms with van der Waals surface area (Å²) in [7, 11) is 0. The fourth-order valence-electron chi connectivity index (χ4n) is 1.80. The number of hydrogen-bond acceptors (Lipinski definition) is 2. The first-order valence-corrected chi connectivity index (χ1v) is 5.12. The van der Waals surface area contributed by atoms with Crippen molar-refractivity contribution >= 4 is 16.9 Å². The summed E-state index contributed by atoms with van der Waals surface area (Å²) in [5.74, 6) is -1.22. The minimum Gasteiger partial charge on any atom is -0.477 e. The van der Waals surface area contributed by atoms with Gasteiger partial charge in [0.25, 0.3) is 0 Å².